The second-order valence-electron chi connectivity index (χ2n) is 5.65. The van der Waals surface area contributed by atoms with E-state index in [0.29, 0.717) is 12.1 Å². The third-order valence-corrected chi connectivity index (χ3v) is 3.00. The number of hydrogen-bond acceptors (Lipinski definition) is 3. The molecule has 17 heavy (non-hydrogen) atoms. The molecule has 0 heterocycles. The maximum atomic E-state index is 5.78. The summed E-state index contributed by atoms with van der Waals surface area (Å²) in [6.07, 6.45) is 3.58. The van der Waals surface area contributed by atoms with E-state index in [1.807, 2.05) is 0 Å². The molecule has 0 aliphatic rings. The monoisotopic (exact) mass is 245 g/mol. The van der Waals surface area contributed by atoms with E-state index >= 15 is 0 Å². The Morgan fingerprint density at radius 3 is 2.35 bits per heavy atom. The van der Waals surface area contributed by atoms with Crippen LogP contribution in [0.2, 0.25) is 0 Å². The molecule has 1 atom stereocenters. The van der Waals surface area contributed by atoms with Crippen LogP contribution < -0.4 is 5.32 Å². The highest BCUT2D eigenvalue weighted by molar-refractivity contribution is 4.67. The van der Waals surface area contributed by atoms with Gasteiger partial charge in [0.2, 0.25) is 0 Å². The van der Waals surface area contributed by atoms with E-state index in [1.54, 1.807) is 7.11 Å². The van der Waals surface area contributed by atoms with E-state index in [-0.39, 0.29) is 5.60 Å². The Morgan fingerprint density at radius 1 is 1.18 bits per heavy atom. The lowest BCUT2D eigenvalue weighted by Gasteiger charge is -2.23. The highest BCUT2D eigenvalue weighted by atomic mass is 16.5. The first-order valence-electron chi connectivity index (χ1n) is 6.77. The van der Waals surface area contributed by atoms with Crippen LogP contribution in [0.15, 0.2) is 0 Å². The first-order valence-corrected chi connectivity index (χ1v) is 6.77. The van der Waals surface area contributed by atoms with Crippen LogP contribution in [-0.4, -0.2) is 38.0 Å². The van der Waals surface area contributed by atoms with Crippen molar-refractivity contribution in [2.45, 2.75) is 71.6 Å². The van der Waals surface area contributed by atoms with Crippen molar-refractivity contribution in [1.82, 2.24) is 5.32 Å². The summed E-state index contributed by atoms with van der Waals surface area (Å²) in [6.45, 7) is 12.5. The molecule has 1 N–H and O–H groups in total. The molecule has 0 bridgehead atoms. The summed E-state index contributed by atoms with van der Waals surface area (Å²) in [5, 5.41) is 3.41. The first kappa shape index (κ1) is 16.9. The average molecular weight is 245 g/mol. The van der Waals surface area contributed by atoms with E-state index in [9.17, 15) is 0 Å². The van der Waals surface area contributed by atoms with E-state index < -0.39 is 0 Å². The number of ether oxygens (including phenoxy) is 2. The molecular formula is C14H31NO2. The predicted octanol–water partition coefficient (Wildman–Crippen LogP) is 2.98. The van der Waals surface area contributed by atoms with Crippen molar-refractivity contribution in [2.24, 2.45) is 0 Å². The topological polar surface area (TPSA) is 30.5 Å². The van der Waals surface area contributed by atoms with Crippen LogP contribution in [0.1, 0.15) is 53.9 Å². The van der Waals surface area contributed by atoms with Crippen LogP contribution in [0.25, 0.3) is 0 Å². The van der Waals surface area contributed by atoms with E-state index in [0.717, 1.165) is 26.0 Å². The SMILES string of the molecule is COC(C)(C)CCOC(C)CCCNC(C)C. The molecule has 3 heteroatoms. The van der Waals surface area contributed by atoms with Crippen LogP contribution in [0.5, 0.6) is 0 Å². The summed E-state index contributed by atoms with van der Waals surface area (Å²) < 4.78 is 11.1. The Hall–Kier alpha value is -0.120. The molecule has 0 amide bonds. The lowest BCUT2D eigenvalue weighted by molar-refractivity contribution is -0.0248. The zero-order valence-corrected chi connectivity index (χ0v) is 12.5. The molecule has 0 aromatic heterocycles. The second kappa shape index (κ2) is 8.90. The molecule has 0 radical (unpaired) electrons. The van der Waals surface area contributed by atoms with Crippen molar-refractivity contribution in [3.05, 3.63) is 0 Å². The van der Waals surface area contributed by atoms with Crippen molar-refractivity contribution in [3.63, 3.8) is 0 Å². The Labute approximate surface area is 107 Å². The van der Waals surface area contributed by atoms with Crippen molar-refractivity contribution >= 4 is 0 Å². The van der Waals surface area contributed by atoms with Crippen LogP contribution in [0.4, 0.5) is 0 Å². The summed E-state index contributed by atoms with van der Waals surface area (Å²) >= 11 is 0. The van der Waals surface area contributed by atoms with Crippen molar-refractivity contribution in [1.29, 1.82) is 0 Å². The zero-order chi connectivity index (χ0) is 13.3. The zero-order valence-electron chi connectivity index (χ0n) is 12.5. The fourth-order valence-electron chi connectivity index (χ4n) is 1.47. The standard InChI is InChI=1S/C14H31NO2/c1-12(2)15-10-7-8-13(3)17-11-9-14(4,5)16-6/h12-13,15H,7-11H2,1-6H3. The van der Waals surface area contributed by atoms with Crippen LogP contribution in [0, 0.1) is 0 Å². The first-order chi connectivity index (χ1) is 7.87. The molecule has 0 saturated carbocycles. The van der Waals surface area contributed by atoms with Crippen LogP contribution in [-0.2, 0) is 9.47 Å². The third kappa shape index (κ3) is 10.7. The lowest BCUT2D eigenvalue weighted by Crippen LogP contribution is -2.26. The minimum atomic E-state index is -0.0705. The molecule has 0 saturated heterocycles. The largest absolute Gasteiger partial charge is 0.379 e. The Balaban J connectivity index is 3.44. The number of hydrogen-bond donors (Lipinski definition) is 1. The van der Waals surface area contributed by atoms with Crippen molar-refractivity contribution in [3.8, 4) is 0 Å². The van der Waals surface area contributed by atoms with Gasteiger partial charge in [0.15, 0.2) is 0 Å². The predicted molar refractivity (Wildman–Crippen MR) is 73.5 cm³/mol. The molecule has 0 spiro atoms. The fourth-order valence-corrected chi connectivity index (χ4v) is 1.47. The summed E-state index contributed by atoms with van der Waals surface area (Å²) in [7, 11) is 1.75. The summed E-state index contributed by atoms with van der Waals surface area (Å²) in [6, 6.07) is 0.578. The summed E-state index contributed by atoms with van der Waals surface area (Å²) in [4.78, 5) is 0. The van der Waals surface area contributed by atoms with E-state index in [4.69, 9.17) is 9.47 Å². The van der Waals surface area contributed by atoms with Gasteiger partial charge in [-0.3, -0.25) is 0 Å². The molecule has 0 aliphatic heterocycles. The van der Waals surface area contributed by atoms with Gasteiger partial charge in [-0.25, -0.2) is 0 Å². The second-order valence-corrected chi connectivity index (χ2v) is 5.65. The Morgan fingerprint density at radius 2 is 1.82 bits per heavy atom. The Kier molecular flexibility index (Phi) is 8.83. The molecule has 1 unspecified atom stereocenters. The molecule has 0 aromatic carbocycles. The highest BCUT2D eigenvalue weighted by Gasteiger charge is 2.16. The molecule has 0 fully saturated rings. The Bertz CT molecular complexity index is 181. The minimum absolute atomic E-state index is 0.0705. The van der Waals surface area contributed by atoms with Gasteiger partial charge in [-0.05, 0) is 46.6 Å². The third-order valence-electron chi connectivity index (χ3n) is 3.00. The maximum Gasteiger partial charge on any atom is 0.0644 e. The molecule has 0 aliphatic carbocycles. The van der Waals surface area contributed by atoms with Gasteiger partial charge >= 0.3 is 0 Å². The van der Waals surface area contributed by atoms with Gasteiger partial charge in [-0.1, -0.05) is 13.8 Å². The van der Waals surface area contributed by atoms with Crippen LogP contribution >= 0.6 is 0 Å². The number of nitrogens with one attached hydrogen (secondary N) is 1. The van der Waals surface area contributed by atoms with Crippen molar-refractivity contribution in [2.75, 3.05) is 20.3 Å². The van der Waals surface area contributed by atoms with Gasteiger partial charge in [-0.15, -0.1) is 0 Å². The number of rotatable bonds is 10. The quantitative estimate of drug-likeness (QED) is 0.600. The molecule has 0 rings (SSSR count). The van der Waals surface area contributed by atoms with Gasteiger partial charge in [0, 0.05) is 19.8 Å². The van der Waals surface area contributed by atoms with E-state index in [1.165, 1.54) is 6.42 Å². The molecule has 0 aromatic rings. The van der Waals surface area contributed by atoms with Gasteiger partial charge in [0.25, 0.3) is 0 Å². The van der Waals surface area contributed by atoms with Gasteiger partial charge < -0.3 is 14.8 Å². The molecule has 104 valence electrons. The van der Waals surface area contributed by atoms with Gasteiger partial charge in [0.05, 0.1) is 11.7 Å². The average Bonchev–Trinajstić information content (AvgIpc) is 2.24. The summed E-state index contributed by atoms with van der Waals surface area (Å²) in [5.74, 6) is 0. The van der Waals surface area contributed by atoms with Crippen molar-refractivity contribution < 1.29 is 9.47 Å². The fraction of sp³-hybridized carbons (Fsp3) is 1.00. The normalized spacial score (nSPS) is 14.3. The summed E-state index contributed by atoms with van der Waals surface area (Å²) in [5.41, 5.74) is -0.0705. The molecular weight excluding hydrogens is 214 g/mol. The minimum Gasteiger partial charge on any atom is -0.379 e. The van der Waals surface area contributed by atoms with Gasteiger partial charge in [0.1, 0.15) is 0 Å². The smallest absolute Gasteiger partial charge is 0.0644 e. The highest BCUT2D eigenvalue weighted by Crippen LogP contribution is 2.13. The van der Waals surface area contributed by atoms with Gasteiger partial charge in [-0.2, -0.15) is 0 Å². The maximum absolute atomic E-state index is 5.78. The van der Waals surface area contributed by atoms with Crippen LogP contribution in [0.3, 0.4) is 0 Å². The number of methoxy groups -OCH3 is 1. The molecule has 3 nitrogen and oxygen atoms in total. The lowest BCUT2D eigenvalue weighted by atomic mass is 10.1. The van der Waals surface area contributed by atoms with E-state index in [2.05, 4.69) is 39.9 Å².